The minimum atomic E-state index is -3.11. The maximum Gasteiger partial charge on any atom is 0.217 e. The monoisotopic (exact) mass is 338 g/mol. The van der Waals surface area contributed by atoms with E-state index in [-0.39, 0.29) is 11.3 Å². The Morgan fingerprint density at radius 2 is 1.96 bits per heavy atom. The molecule has 7 heteroatoms. The molecule has 23 heavy (non-hydrogen) atoms. The molecule has 0 radical (unpaired) electrons. The summed E-state index contributed by atoms with van der Waals surface area (Å²) in [6.07, 6.45) is 8.37. The molecule has 2 fully saturated rings. The molecule has 1 atom stereocenters. The number of likely N-dealkylation sites (tertiary alicyclic amines) is 1. The lowest BCUT2D eigenvalue weighted by Gasteiger charge is -2.35. The average Bonchev–Trinajstić information content (AvgIpc) is 3.32. The first kappa shape index (κ1) is 15.6. The van der Waals surface area contributed by atoms with Crippen LogP contribution >= 0.6 is 0 Å². The SMILES string of the molecule is O=S(=O)(C1CC1)N1Cc2ccnn2C(CCN2CCCCC2)C1. The van der Waals surface area contributed by atoms with E-state index in [2.05, 4.69) is 14.7 Å². The van der Waals surface area contributed by atoms with Gasteiger partial charge in [0.05, 0.1) is 23.5 Å². The lowest BCUT2D eigenvalue weighted by Crippen LogP contribution is -2.43. The van der Waals surface area contributed by atoms with Gasteiger partial charge < -0.3 is 4.90 Å². The molecule has 1 aromatic heterocycles. The predicted molar refractivity (Wildman–Crippen MR) is 88.5 cm³/mol. The third-order valence-electron chi connectivity index (χ3n) is 5.38. The molecule has 0 spiro atoms. The Morgan fingerprint density at radius 3 is 2.70 bits per heavy atom. The van der Waals surface area contributed by atoms with Crippen LogP contribution in [0.5, 0.6) is 0 Å². The molecule has 0 amide bonds. The van der Waals surface area contributed by atoms with E-state index in [0.717, 1.165) is 31.5 Å². The van der Waals surface area contributed by atoms with Crippen molar-refractivity contribution in [3.63, 3.8) is 0 Å². The highest BCUT2D eigenvalue weighted by Crippen LogP contribution is 2.34. The van der Waals surface area contributed by atoms with Gasteiger partial charge in [-0.2, -0.15) is 9.40 Å². The number of fused-ring (bicyclic) bond motifs is 1. The molecular weight excluding hydrogens is 312 g/mol. The Balaban J connectivity index is 1.47. The van der Waals surface area contributed by atoms with Gasteiger partial charge in [-0.05, 0) is 51.3 Å². The van der Waals surface area contributed by atoms with E-state index >= 15 is 0 Å². The van der Waals surface area contributed by atoms with Crippen molar-refractivity contribution in [1.82, 2.24) is 19.0 Å². The molecule has 1 aromatic rings. The van der Waals surface area contributed by atoms with Crippen LogP contribution in [0.3, 0.4) is 0 Å². The smallest absolute Gasteiger partial charge is 0.217 e. The number of piperidine rings is 1. The van der Waals surface area contributed by atoms with E-state index in [1.807, 2.05) is 6.07 Å². The van der Waals surface area contributed by atoms with E-state index in [9.17, 15) is 8.42 Å². The van der Waals surface area contributed by atoms with Gasteiger partial charge in [0, 0.05) is 19.3 Å². The molecule has 1 aliphatic carbocycles. The van der Waals surface area contributed by atoms with Crippen molar-refractivity contribution in [1.29, 1.82) is 0 Å². The summed E-state index contributed by atoms with van der Waals surface area (Å²) in [6, 6.07) is 2.13. The normalized spacial score (nSPS) is 27.0. The molecule has 4 rings (SSSR count). The molecule has 1 unspecified atom stereocenters. The molecule has 3 aliphatic rings. The molecule has 1 saturated carbocycles. The summed E-state index contributed by atoms with van der Waals surface area (Å²) >= 11 is 0. The number of aromatic nitrogens is 2. The highest BCUT2D eigenvalue weighted by molar-refractivity contribution is 7.90. The van der Waals surface area contributed by atoms with Gasteiger partial charge in [-0.1, -0.05) is 6.42 Å². The number of sulfonamides is 1. The van der Waals surface area contributed by atoms with Crippen LogP contribution in [-0.4, -0.2) is 58.8 Å². The minimum absolute atomic E-state index is 0.125. The first-order chi connectivity index (χ1) is 11.1. The molecule has 1 saturated heterocycles. The van der Waals surface area contributed by atoms with Crippen molar-refractivity contribution >= 4 is 10.0 Å². The molecule has 128 valence electrons. The number of hydrogen-bond donors (Lipinski definition) is 0. The molecule has 0 N–H and O–H groups in total. The average molecular weight is 338 g/mol. The van der Waals surface area contributed by atoms with E-state index in [1.54, 1.807) is 10.5 Å². The summed E-state index contributed by atoms with van der Waals surface area (Å²) in [4.78, 5) is 2.51. The quantitative estimate of drug-likeness (QED) is 0.818. The third-order valence-corrected chi connectivity index (χ3v) is 7.70. The standard InChI is InChI=1S/C16H26N4O2S/c21-23(22,16-4-5-16)19-12-14-6-8-17-20(14)15(13-19)7-11-18-9-2-1-3-10-18/h6,8,15-16H,1-5,7,9-13H2. The van der Waals surface area contributed by atoms with Crippen LogP contribution in [0.2, 0.25) is 0 Å². The zero-order valence-electron chi connectivity index (χ0n) is 13.6. The third kappa shape index (κ3) is 3.19. The van der Waals surface area contributed by atoms with Crippen LogP contribution in [-0.2, 0) is 16.6 Å². The van der Waals surface area contributed by atoms with Gasteiger partial charge >= 0.3 is 0 Å². The van der Waals surface area contributed by atoms with E-state index in [4.69, 9.17) is 0 Å². The number of hydrogen-bond acceptors (Lipinski definition) is 4. The van der Waals surface area contributed by atoms with Gasteiger partial charge in [-0.15, -0.1) is 0 Å². The molecule has 6 nitrogen and oxygen atoms in total. The topological polar surface area (TPSA) is 58.4 Å². The highest BCUT2D eigenvalue weighted by Gasteiger charge is 2.42. The van der Waals surface area contributed by atoms with Gasteiger partial charge in [-0.3, -0.25) is 4.68 Å². The number of nitrogens with zero attached hydrogens (tertiary/aromatic N) is 4. The Hall–Kier alpha value is -0.920. The maximum atomic E-state index is 12.6. The Kier molecular flexibility index (Phi) is 4.19. The van der Waals surface area contributed by atoms with Crippen LogP contribution in [0.15, 0.2) is 12.3 Å². The van der Waals surface area contributed by atoms with Crippen molar-refractivity contribution in [2.45, 2.75) is 56.4 Å². The van der Waals surface area contributed by atoms with Crippen molar-refractivity contribution in [2.75, 3.05) is 26.2 Å². The summed E-state index contributed by atoms with van der Waals surface area (Å²) in [5.74, 6) is 0. The van der Waals surface area contributed by atoms with Gasteiger partial charge in [0.25, 0.3) is 0 Å². The van der Waals surface area contributed by atoms with Crippen LogP contribution in [0.1, 0.15) is 50.3 Å². The molecule has 3 heterocycles. The van der Waals surface area contributed by atoms with Gasteiger partial charge in [-0.25, -0.2) is 8.42 Å². The fourth-order valence-corrected chi connectivity index (χ4v) is 5.70. The Bertz CT molecular complexity index is 647. The van der Waals surface area contributed by atoms with Crippen molar-refractivity contribution in [3.8, 4) is 0 Å². The maximum absolute atomic E-state index is 12.6. The zero-order chi connectivity index (χ0) is 15.9. The summed E-state index contributed by atoms with van der Waals surface area (Å²) < 4.78 is 29.0. The lowest BCUT2D eigenvalue weighted by molar-refractivity contribution is 0.188. The first-order valence-electron chi connectivity index (χ1n) is 8.88. The second-order valence-corrected chi connectivity index (χ2v) is 9.36. The molecule has 2 aliphatic heterocycles. The summed E-state index contributed by atoms with van der Waals surface area (Å²) in [6.45, 7) is 4.48. The van der Waals surface area contributed by atoms with Crippen molar-refractivity contribution in [2.24, 2.45) is 0 Å². The highest BCUT2D eigenvalue weighted by atomic mass is 32.2. The number of rotatable bonds is 5. The van der Waals surface area contributed by atoms with Crippen LogP contribution in [0, 0.1) is 0 Å². The summed E-state index contributed by atoms with van der Waals surface area (Å²) in [5.41, 5.74) is 1.03. The molecule has 0 aromatic carbocycles. The first-order valence-corrected chi connectivity index (χ1v) is 10.4. The molecular formula is C16H26N4O2S. The van der Waals surface area contributed by atoms with Crippen LogP contribution in [0.25, 0.3) is 0 Å². The van der Waals surface area contributed by atoms with Crippen LogP contribution in [0.4, 0.5) is 0 Å². The van der Waals surface area contributed by atoms with E-state index in [1.165, 1.54) is 32.4 Å². The second-order valence-electron chi connectivity index (χ2n) is 7.15. The predicted octanol–water partition coefficient (Wildman–Crippen LogP) is 1.61. The fraction of sp³-hybridized carbons (Fsp3) is 0.812. The van der Waals surface area contributed by atoms with Gasteiger partial charge in [0.15, 0.2) is 0 Å². The van der Waals surface area contributed by atoms with Crippen molar-refractivity contribution in [3.05, 3.63) is 18.0 Å². The lowest BCUT2D eigenvalue weighted by atomic mass is 10.1. The largest absolute Gasteiger partial charge is 0.303 e. The Morgan fingerprint density at radius 1 is 1.17 bits per heavy atom. The zero-order valence-corrected chi connectivity index (χ0v) is 14.4. The van der Waals surface area contributed by atoms with E-state index < -0.39 is 10.0 Å². The van der Waals surface area contributed by atoms with E-state index in [0.29, 0.717) is 13.1 Å². The second kappa shape index (κ2) is 6.18. The fourth-order valence-electron chi connectivity index (χ4n) is 3.85. The summed E-state index contributed by atoms with van der Waals surface area (Å²) in [5, 5.41) is 4.33. The van der Waals surface area contributed by atoms with Crippen molar-refractivity contribution < 1.29 is 8.42 Å². The Labute approximate surface area is 138 Å². The van der Waals surface area contributed by atoms with Gasteiger partial charge in [0.1, 0.15) is 0 Å². The summed E-state index contributed by atoms with van der Waals surface area (Å²) in [7, 11) is -3.11. The minimum Gasteiger partial charge on any atom is -0.303 e. The van der Waals surface area contributed by atoms with Gasteiger partial charge in [0.2, 0.25) is 10.0 Å². The van der Waals surface area contributed by atoms with Crippen LogP contribution < -0.4 is 0 Å². The molecule has 0 bridgehead atoms.